The predicted octanol–water partition coefficient (Wildman–Crippen LogP) is 4.83. The van der Waals surface area contributed by atoms with Crippen LogP contribution in [0.25, 0.3) is 16.3 Å². The summed E-state index contributed by atoms with van der Waals surface area (Å²) in [5, 5.41) is 9.74. The van der Waals surface area contributed by atoms with Gasteiger partial charge in [-0.3, -0.25) is 4.79 Å². The second-order valence-corrected chi connectivity index (χ2v) is 7.05. The van der Waals surface area contributed by atoms with Gasteiger partial charge in [-0.1, -0.05) is 38.0 Å². The van der Waals surface area contributed by atoms with Crippen LogP contribution in [0.5, 0.6) is 0 Å². The monoisotopic (exact) mass is 353 g/mol. The van der Waals surface area contributed by atoms with E-state index >= 15 is 0 Å². The van der Waals surface area contributed by atoms with Gasteiger partial charge in [-0.25, -0.2) is 4.68 Å². The molecule has 3 rings (SSSR count). The van der Waals surface area contributed by atoms with Crippen LogP contribution in [0.15, 0.2) is 47.8 Å². The van der Waals surface area contributed by atoms with Crippen molar-refractivity contribution in [3.63, 3.8) is 0 Å². The normalized spacial score (nSPS) is 10.8. The van der Waals surface area contributed by atoms with Gasteiger partial charge in [0.05, 0.1) is 10.6 Å². The molecule has 0 radical (unpaired) electrons. The minimum absolute atomic E-state index is 0.0760. The zero-order valence-corrected chi connectivity index (χ0v) is 15.5. The molecule has 130 valence electrons. The Bertz CT molecular complexity index is 837. The van der Waals surface area contributed by atoms with Crippen LogP contribution in [0.4, 0.5) is 0 Å². The molecule has 0 saturated heterocycles. The third-order valence-corrected chi connectivity index (χ3v) is 4.92. The lowest BCUT2D eigenvalue weighted by Gasteiger charge is -2.09. The highest BCUT2D eigenvalue weighted by atomic mass is 32.1. The lowest BCUT2D eigenvalue weighted by molar-refractivity contribution is 0.0945. The molecule has 0 fully saturated rings. The van der Waals surface area contributed by atoms with Crippen LogP contribution >= 0.6 is 11.3 Å². The van der Waals surface area contributed by atoms with E-state index in [0.717, 1.165) is 41.1 Å². The molecule has 25 heavy (non-hydrogen) atoms. The first-order valence-corrected chi connectivity index (χ1v) is 9.56. The van der Waals surface area contributed by atoms with Crippen molar-refractivity contribution in [3.8, 4) is 16.3 Å². The number of nitrogens with zero attached hydrogens (tertiary/aromatic N) is 2. The molecular weight excluding hydrogens is 330 g/mol. The third-order valence-electron chi connectivity index (χ3n) is 4.03. The first kappa shape index (κ1) is 17.4. The molecule has 4 nitrogen and oxygen atoms in total. The Morgan fingerprint density at radius 2 is 2.08 bits per heavy atom. The van der Waals surface area contributed by atoms with Gasteiger partial charge in [-0.15, -0.1) is 11.3 Å². The molecule has 2 heterocycles. The van der Waals surface area contributed by atoms with Crippen molar-refractivity contribution in [2.24, 2.45) is 0 Å². The molecule has 0 saturated carbocycles. The number of thiophene rings is 1. The summed E-state index contributed by atoms with van der Waals surface area (Å²) >= 11 is 1.63. The maximum Gasteiger partial charge on any atom is 0.270 e. The van der Waals surface area contributed by atoms with Crippen molar-refractivity contribution in [2.45, 2.75) is 33.1 Å². The zero-order valence-electron chi connectivity index (χ0n) is 14.7. The van der Waals surface area contributed by atoms with Crippen LogP contribution < -0.4 is 5.32 Å². The highest BCUT2D eigenvalue weighted by Crippen LogP contribution is 2.26. The molecule has 0 unspecified atom stereocenters. The Labute approximate surface area is 152 Å². The summed E-state index contributed by atoms with van der Waals surface area (Å²) in [6, 6.07) is 13.9. The van der Waals surface area contributed by atoms with Crippen LogP contribution in [0.1, 0.15) is 42.2 Å². The molecule has 0 aliphatic rings. The van der Waals surface area contributed by atoms with Gasteiger partial charge in [0, 0.05) is 6.54 Å². The average molecular weight is 353 g/mol. The summed E-state index contributed by atoms with van der Waals surface area (Å²) in [6.45, 7) is 4.89. The molecule has 1 aromatic carbocycles. The first-order chi connectivity index (χ1) is 12.2. The topological polar surface area (TPSA) is 46.9 Å². The van der Waals surface area contributed by atoms with E-state index < -0.39 is 0 Å². The Hall–Kier alpha value is -2.40. The summed E-state index contributed by atoms with van der Waals surface area (Å²) in [5.74, 6) is -0.0760. The number of nitrogens with one attached hydrogen (secondary N) is 1. The van der Waals surface area contributed by atoms with E-state index in [1.165, 1.54) is 0 Å². The van der Waals surface area contributed by atoms with Gasteiger partial charge < -0.3 is 5.32 Å². The Balaban J connectivity index is 1.93. The highest BCUT2D eigenvalue weighted by Gasteiger charge is 2.17. The van der Waals surface area contributed by atoms with E-state index in [9.17, 15) is 4.79 Å². The summed E-state index contributed by atoms with van der Waals surface area (Å²) in [4.78, 5) is 13.8. The van der Waals surface area contributed by atoms with Crippen molar-refractivity contribution in [1.82, 2.24) is 15.1 Å². The van der Waals surface area contributed by atoms with Gasteiger partial charge in [0.25, 0.3) is 5.91 Å². The summed E-state index contributed by atoms with van der Waals surface area (Å²) in [7, 11) is 0. The van der Waals surface area contributed by atoms with Crippen LogP contribution in [-0.4, -0.2) is 22.2 Å². The fourth-order valence-corrected chi connectivity index (χ4v) is 3.39. The average Bonchev–Trinajstić information content (AvgIpc) is 3.27. The van der Waals surface area contributed by atoms with Crippen molar-refractivity contribution in [2.75, 3.05) is 6.54 Å². The maximum atomic E-state index is 12.7. The first-order valence-electron chi connectivity index (χ1n) is 8.68. The summed E-state index contributed by atoms with van der Waals surface area (Å²) in [6.07, 6.45) is 3.26. The van der Waals surface area contributed by atoms with Crippen LogP contribution in [-0.2, 0) is 0 Å². The Morgan fingerprint density at radius 1 is 1.20 bits per heavy atom. The number of hydrogen-bond acceptors (Lipinski definition) is 3. The SMILES string of the molecule is CCCCCNC(=O)c1cc(-c2cccs2)nn1-c1cccc(C)c1. The lowest BCUT2D eigenvalue weighted by atomic mass is 10.2. The van der Waals surface area contributed by atoms with E-state index in [2.05, 4.69) is 12.2 Å². The number of carbonyl (C=O) groups is 1. The fraction of sp³-hybridized carbons (Fsp3) is 0.300. The number of benzene rings is 1. The number of hydrogen-bond donors (Lipinski definition) is 1. The minimum Gasteiger partial charge on any atom is -0.351 e. The van der Waals surface area contributed by atoms with E-state index in [0.29, 0.717) is 12.2 Å². The van der Waals surface area contributed by atoms with E-state index in [1.54, 1.807) is 16.0 Å². The standard InChI is InChI=1S/C20H23N3OS/c1-3-4-5-11-21-20(24)18-14-17(19-10-7-12-25-19)22-23(18)16-9-6-8-15(2)13-16/h6-10,12-14H,3-5,11H2,1-2H3,(H,21,24). The second kappa shape index (κ2) is 8.12. The van der Waals surface area contributed by atoms with Crippen molar-refractivity contribution < 1.29 is 4.79 Å². The van der Waals surface area contributed by atoms with Gasteiger partial charge in [0.2, 0.25) is 0 Å². The number of unbranched alkanes of at least 4 members (excludes halogenated alkanes) is 2. The quantitative estimate of drug-likeness (QED) is 0.619. The molecule has 1 N–H and O–H groups in total. The van der Waals surface area contributed by atoms with Crippen molar-refractivity contribution in [1.29, 1.82) is 0 Å². The molecule has 0 bridgehead atoms. The van der Waals surface area contributed by atoms with E-state index in [4.69, 9.17) is 5.10 Å². The fourth-order valence-electron chi connectivity index (χ4n) is 2.71. The van der Waals surface area contributed by atoms with Crippen molar-refractivity contribution >= 4 is 17.2 Å². The van der Waals surface area contributed by atoms with E-state index in [-0.39, 0.29) is 5.91 Å². The maximum absolute atomic E-state index is 12.7. The number of aryl methyl sites for hydroxylation is 1. The number of rotatable bonds is 7. The van der Waals surface area contributed by atoms with E-state index in [1.807, 2.05) is 54.8 Å². The molecule has 5 heteroatoms. The largest absolute Gasteiger partial charge is 0.351 e. The second-order valence-electron chi connectivity index (χ2n) is 6.11. The third kappa shape index (κ3) is 4.17. The molecule has 0 aliphatic heterocycles. The highest BCUT2D eigenvalue weighted by molar-refractivity contribution is 7.13. The number of aromatic nitrogens is 2. The lowest BCUT2D eigenvalue weighted by Crippen LogP contribution is -2.26. The molecule has 1 amide bonds. The van der Waals surface area contributed by atoms with Gasteiger partial charge in [0.15, 0.2) is 0 Å². The van der Waals surface area contributed by atoms with Crippen LogP contribution in [0.3, 0.4) is 0 Å². The molecule has 2 aromatic heterocycles. The predicted molar refractivity (Wildman–Crippen MR) is 103 cm³/mol. The van der Waals surface area contributed by atoms with Crippen LogP contribution in [0.2, 0.25) is 0 Å². The van der Waals surface area contributed by atoms with Gasteiger partial charge in [-0.05, 0) is 48.6 Å². The molecule has 3 aromatic rings. The molecule has 0 atom stereocenters. The summed E-state index contributed by atoms with van der Waals surface area (Å²) in [5.41, 5.74) is 3.45. The van der Waals surface area contributed by atoms with Crippen molar-refractivity contribution in [3.05, 3.63) is 59.1 Å². The van der Waals surface area contributed by atoms with Gasteiger partial charge in [0.1, 0.15) is 11.4 Å². The van der Waals surface area contributed by atoms with Crippen LogP contribution in [0, 0.1) is 6.92 Å². The molecule has 0 spiro atoms. The molecular formula is C20H23N3OS. The minimum atomic E-state index is -0.0760. The number of carbonyl (C=O) groups excluding carboxylic acids is 1. The summed E-state index contributed by atoms with van der Waals surface area (Å²) < 4.78 is 1.75. The molecule has 0 aliphatic carbocycles. The Morgan fingerprint density at radius 3 is 2.80 bits per heavy atom. The smallest absolute Gasteiger partial charge is 0.270 e. The Kier molecular flexibility index (Phi) is 5.66. The van der Waals surface area contributed by atoms with Gasteiger partial charge >= 0.3 is 0 Å². The number of amides is 1. The zero-order chi connectivity index (χ0) is 17.6. The van der Waals surface area contributed by atoms with Gasteiger partial charge in [-0.2, -0.15) is 5.10 Å².